The lowest BCUT2D eigenvalue weighted by Gasteiger charge is -2.22. The lowest BCUT2D eigenvalue weighted by Crippen LogP contribution is -2.16. The molecule has 0 aliphatic carbocycles. The van der Waals surface area contributed by atoms with Crippen molar-refractivity contribution in [1.82, 2.24) is 5.20 Å². The molecule has 0 aliphatic rings. The number of rotatable bonds is 7. The molecule has 0 saturated carbocycles. The molecule has 6 nitrogen and oxygen atoms in total. The van der Waals surface area contributed by atoms with Gasteiger partial charge in [0.1, 0.15) is 17.2 Å². The normalized spacial score (nSPS) is 11.5. The van der Waals surface area contributed by atoms with Crippen LogP contribution in [0, 0.1) is 27.7 Å². The summed E-state index contributed by atoms with van der Waals surface area (Å²) in [5, 5.41) is 16.5. The Balaban J connectivity index is 1.95. The molecule has 0 aliphatic heterocycles. The van der Waals surface area contributed by atoms with Crippen molar-refractivity contribution < 1.29 is 18.7 Å². The van der Waals surface area contributed by atoms with Crippen LogP contribution in [0.4, 0.5) is 0 Å². The monoisotopic (exact) mass is 424 g/mol. The number of phenolic OH excluding ortho intramolecular Hbond substituents is 1. The average molecular weight is 424 g/mol. The SMILES string of the molecule is Cc1cccc(C)c1OP(=O)(N/N=C\c1ccccc1O)Oc1c(C)cccc1C. The van der Waals surface area contributed by atoms with Crippen molar-refractivity contribution in [1.29, 1.82) is 0 Å². The Labute approximate surface area is 176 Å². The summed E-state index contributed by atoms with van der Waals surface area (Å²) in [5.74, 6) is 0.999. The third-order valence-electron chi connectivity index (χ3n) is 4.56. The first kappa shape index (κ1) is 21.5. The number of aromatic hydroxyl groups is 1. The summed E-state index contributed by atoms with van der Waals surface area (Å²) in [6.45, 7) is 7.49. The maximum Gasteiger partial charge on any atom is 0.557 e. The number of phenols is 1. The molecule has 0 fully saturated rings. The van der Waals surface area contributed by atoms with E-state index in [0.717, 1.165) is 22.3 Å². The van der Waals surface area contributed by atoms with E-state index in [1.54, 1.807) is 24.3 Å². The second-order valence-electron chi connectivity index (χ2n) is 7.04. The molecule has 0 bridgehead atoms. The van der Waals surface area contributed by atoms with Crippen molar-refractivity contribution in [3.05, 3.63) is 88.5 Å². The lowest BCUT2D eigenvalue weighted by atomic mass is 10.1. The van der Waals surface area contributed by atoms with Crippen LogP contribution in [0.5, 0.6) is 17.2 Å². The molecule has 0 spiro atoms. The van der Waals surface area contributed by atoms with E-state index in [1.807, 2.05) is 64.1 Å². The smallest absolute Gasteiger partial charge is 0.507 e. The van der Waals surface area contributed by atoms with Crippen molar-refractivity contribution in [2.75, 3.05) is 0 Å². The third-order valence-corrected chi connectivity index (χ3v) is 5.77. The molecule has 0 aromatic heterocycles. The van der Waals surface area contributed by atoms with Gasteiger partial charge in [-0.15, -0.1) is 0 Å². The molecule has 0 amide bonds. The fraction of sp³-hybridized carbons (Fsp3) is 0.174. The minimum Gasteiger partial charge on any atom is -0.507 e. The molecule has 2 N–H and O–H groups in total. The zero-order valence-electron chi connectivity index (χ0n) is 17.4. The van der Waals surface area contributed by atoms with Crippen LogP contribution < -0.4 is 14.2 Å². The Morgan fingerprint density at radius 3 is 1.73 bits per heavy atom. The van der Waals surface area contributed by atoms with E-state index < -0.39 is 7.75 Å². The highest BCUT2D eigenvalue weighted by Gasteiger charge is 2.31. The van der Waals surface area contributed by atoms with E-state index in [4.69, 9.17) is 9.05 Å². The second-order valence-corrected chi connectivity index (χ2v) is 8.60. The van der Waals surface area contributed by atoms with Gasteiger partial charge in [-0.3, -0.25) is 0 Å². The van der Waals surface area contributed by atoms with E-state index in [9.17, 15) is 9.67 Å². The number of benzene rings is 3. The van der Waals surface area contributed by atoms with Gasteiger partial charge < -0.3 is 14.2 Å². The molecule has 0 atom stereocenters. The maximum absolute atomic E-state index is 13.7. The van der Waals surface area contributed by atoms with Gasteiger partial charge in [-0.2, -0.15) is 10.3 Å². The highest BCUT2D eigenvalue weighted by atomic mass is 31.2. The van der Waals surface area contributed by atoms with Gasteiger partial charge >= 0.3 is 7.75 Å². The number of nitrogens with one attached hydrogen (secondary N) is 1. The van der Waals surface area contributed by atoms with Crippen LogP contribution in [0.25, 0.3) is 0 Å². The van der Waals surface area contributed by atoms with Crippen LogP contribution >= 0.6 is 7.75 Å². The van der Waals surface area contributed by atoms with Crippen LogP contribution in [-0.2, 0) is 4.57 Å². The molecule has 30 heavy (non-hydrogen) atoms. The molecule has 0 saturated heterocycles. The topological polar surface area (TPSA) is 80.2 Å². The predicted molar refractivity (Wildman–Crippen MR) is 120 cm³/mol. The van der Waals surface area contributed by atoms with E-state index in [1.165, 1.54) is 6.21 Å². The predicted octanol–water partition coefficient (Wildman–Crippen LogP) is 5.82. The standard InChI is InChI=1S/C23H25N2O4P/c1-16-9-7-10-17(2)22(16)28-30(27,29-23-18(3)11-8-12-19(23)4)25-24-15-20-13-5-6-14-21(20)26/h5-15,26H,1-4H3,(H,25,27)/b24-15-. The van der Waals surface area contributed by atoms with Crippen molar-refractivity contribution in [2.24, 2.45) is 5.10 Å². The van der Waals surface area contributed by atoms with E-state index >= 15 is 0 Å². The second kappa shape index (κ2) is 9.06. The largest absolute Gasteiger partial charge is 0.557 e. The van der Waals surface area contributed by atoms with Crippen LogP contribution in [0.1, 0.15) is 27.8 Å². The summed E-state index contributed by atoms with van der Waals surface area (Å²) in [6.07, 6.45) is 1.37. The quantitative estimate of drug-likeness (QED) is 0.284. The van der Waals surface area contributed by atoms with E-state index in [2.05, 4.69) is 10.3 Å². The Morgan fingerprint density at radius 2 is 1.27 bits per heavy atom. The van der Waals surface area contributed by atoms with Crippen molar-refractivity contribution >= 4 is 14.0 Å². The fourth-order valence-electron chi connectivity index (χ4n) is 2.95. The average Bonchev–Trinajstić information content (AvgIpc) is 2.70. The molecule has 0 unspecified atom stereocenters. The van der Waals surface area contributed by atoms with Crippen molar-refractivity contribution in [3.8, 4) is 17.2 Å². The van der Waals surface area contributed by atoms with Gasteiger partial charge in [-0.05, 0) is 62.1 Å². The molecule has 7 heteroatoms. The Kier molecular flexibility index (Phi) is 6.48. The summed E-state index contributed by atoms with van der Waals surface area (Å²) in [4.78, 5) is 0. The molecule has 3 rings (SSSR count). The minimum atomic E-state index is -3.95. The van der Waals surface area contributed by atoms with Gasteiger partial charge in [0.15, 0.2) is 0 Å². The zero-order valence-corrected chi connectivity index (χ0v) is 18.3. The summed E-state index contributed by atoms with van der Waals surface area (Å²) in [5.41, 5.74) is 3.77. The van der Waals surface area contributed by atoms with Gasteiger partial charge in [-0.1, -0.05) is 48.5 Å². The number of hydrogen-bond acceptors (Lipinski definition) is 5. The van der Waals surface area contributed by atoms with Crippen LogP contribution in [0.3, 0.4) is 0 Å². The van der Waals surface area contributed by atoms with Gasteiger partial charge in [0.05, 0.1) is 6.21 Å². The lowest BCUT2D eigenvalue weighted by molar-refractivity contribution is 0.368. The van der Waals surface area contributed by atoms with Crippen molar-refractivity contribution in [3.63, 3.8) is 0 Å². The number of aryl methyl sites for hydroxylation is 4. The number of nitrogens with zero attached hydrogens (tertiary/aromatic N) is 1. The number of hydrazone groups is 1. The zero-order chi connectivity index (χ0) is 21.7. The van der Waals surface area contributed by atoms with Gasteiger partial charge in [0, 0.05) is 5.56 Å². The van der Waals surface area contributed by atoms with Gasteiger partial charge in [-0.25, -0.2) is 4.57 Å². The Hall–Kier alpha value is -3.24. The van der Waals surface area contributed by atoms with Gasteiger partial charge in [0.2, 0.25) is 0 Å². The van der Waals surface area contributed by atoms with Crippen LogP contribution in [-0.4, -0.2) is 11.3 Å². The Morgan fingerprint density at radius 1 is 0.800 bits per heavy atom. The summed E-state index contributed by atoms with van der Waals surface area (Å²) in [7, 11) is -3.95. The third kappa shape index (κ3) is 5.02. The first-order valence-corrected chi connectivity index (χ1v) is 11.0. The molecule has 156 valence electrons. The summed E-state index contributed by atoms with van der Waals surface area (Å²) in [6, 6.07) is 18.0. The van der Waals surface area contributed by atoms with Crippen molar-refractivity contribution in [2.45, 2.75) is 27.7 Å². The van der Waals surface area contributed by atoms with Crippen LogP contribution in [0.2, 0.25) is 0 Å². The van der Waals surface area contributed by atoms with Gasteiger partial charge in [0.25, 0.3) is 0 Å². The van der Waals surface area contributed by atoms with Crippen LogP contribution in [0.15, 0.2) is 65.8 Å². The molecular formula is C23H25N2O4P. The summed E-state index contributed by atoms with van der Waals surface area (Å²) < 4.78 is 25.5. The summed E-state index contributed by atoms with van der Waals surface area (Å²) >= 11 is 0. The molecule has 3 aromatic carbocycles. The fourth-order valence-corrected chi connectivity index (χ4v) is 4.33. The minimum absolute atomic E-state index is 0.0595. The molecule has 3 aromatic rings. The van der Waals surface area contributed by atoms with E-state index in [0.29, 0.717) is 17.1 Å². The first-order valence-electron chi connectivity index (χ1n) is 9.49. The highest BCUT2D eigenvalue weighted by Crippen LogP contribution is 2.48. The van der Waals surface area contributed by atoms with E-state index in [-0.39, 0.29) is 5.75 Å². The Bertz CT molecular complexity index is 1030. The number of hydrogen-bond donors (Lipinski definition) is 2. The molecule has 0 heterocycles. The first-order chi connectivity index (χ1) is 14.3. The molecule has 0 radical (unpaired) electrons. The maximum atomic E-state index is 13.7. The molecular weight excluding hydrogens is 399 g/mol. The number of para-hydroxylation sites is 3. The highest BCUT2D eigenvalue weighted by molar-refractivity contribution is 7.52.